The predicted molar refractivity (Wildman–Crippen MR) is 107 cm³/mol. The predicted octanol–water partition coefficient (Wildman–Crippen LogP) is 3.42. The van der Waals surface area contributed by atoms with Gasteiger partial charge in [0, 0.05) is 30.9 Å². The van der Waals surface area contributed by atoms with Crippen LogP contribution in [0, 0.1) is 6.92 Å². The summed E-state index contributed by atoms with van der Waals surface area (Å²) in [6, 6.07) is 8.23. The molecule has 1 aliphatic rings. The van der Waals surface area contributed by atoms with Gasteiger partial charge in [-0.2, -0.15) is 0 Å². The average Bonchev–Trinajstić information content (AvgIpc) is 3.33. The van der Waals surface area contributed by atoms with E-state index in [0.29, 0.717) is 24.8 Å². The van der Waals surface area contributed by atoms with Gasteiger partial charge in [0.25, 0.3) is 5.91 Å². The number of rotatable bonds is 6. The van der Waals surface area contributed by atoms with Gasteiger partial charge in [-0.25, -0.2) is 0 Å². The maximum absolute atomic E-state index is 13.2. The van der Waals surface area contributed by atoms with Crippen molar-refractivity contribution in [2.75, 3.05) is 6.54 Å². The van der Waals surface area contributed by atoms with Crippen LogP contribution in [0.4, 0.5) is 0 Å². The Morgan fingerprint density at radius 1 is 1.39 bits per heavy atom. The lowest BCUT2D eigenvalue weighted by molar-refractivity contribution is 0.0622. The van der Waals surface area contributed by atoms with Crippen LogP contribution in [-0.4, -0.2) is 44.6 Å². The summed E-state index contributed by atoms with van der Waals surface area (Å²) in [5.41, 5.74) is 3.23. The number of hydrogen-bond donors (Lipinski definition) is 2. The monoisotopic (exact) mass is 381 g/mol. The highest BCUT2D eigenvalue weighted by Gasteiger charge is 2.30. The molecule has 1 saturated carbocycles. The molecule has 0 aliphatic heterocycles. The minimum atomic E-state index is 0.0528. The van der Waals surface area contributed by atoms with Crippen molar-refractivity contribution in [1.29, 1.82) is 0 Å². The smallest absolute Gasteiger partial charge is 0.270 e. The van der Waals surface area contributed by atoms with E-state index in [1.165, 1.54) is 0 Å². The molecular weight excluding hydrogens is 354 g/mol. The Bertz CT molecular complexity index is 914. The molecule has 1 fully saturated rings. The van der Waals surface area contributed by atoms with Crippen LogP contribution in [0.5, 0.6) is 0 Å². The number of carbonyl (C=O) groups is 1. The van der Waals surface area contributed by atoms with E-state index in [1.807, 2.05) is 43.0 Å². The Morgan fingerprint density at radius 2 is 2.29 bits per heavy atom. The first-order valence-electron chi connectivity index (χ1n) is 10.0. The normalized spacial score (nSPS) is 19.8. The van der Waals surface area contributed by atoms with Crippen LogP contribution in [0.2, 0.25) is 0 Å². The van der Waals surface area contributed by atoms with Gasteiger partial charge in [0.2, 0.25) is 0 Å². The summed E-state index contributed by atoms with van der Waals surface area (Å²) in [6.45, 7) is 5.34. The van der Waals surface area contributed by atoms with Gasteiger partial charge in [0.15, 0.2) is 5.76 Å². The van der Waals surface area contributed by atoms with E-state index in [1.54, 1.807) is 6.20 Å². The quantitative estimate of drug-likeness (QED) is 0.683. The summed E-state index contributed by atoms with van der Waals surface area (Å²) >= 11 is 0. The third-order valence-electron chi connectivity index (χ3n) is 5.55. The molecular formula is C21H27N5O2. The molecule has 2 N–H and O–H groups in total. The maximum atomic E-state index is 13.2. The standard InChI is InChI=1S/C21H27N5O2/c1-3-26(21(27)20-12-19-18(24-20)8-5-9-22-19)16-7-4-6-15(11-16)23-13-17-10-14(2)25-28-17/h5,8-10,12,15-16,23-24H,3-4,6-7,11,13H2,1-2H3. The van der Waals surface area contributed by atoms with E-state index >= 15 is 0 Å². The molecule has 0 radical (unpaired) electrons. The summed E-state index contributed by atoms with van der Waals surface area (Å²) in [7, 11) is 0. The van der Waals surface area contributed by atoms with Crippen molar-refractivity contribution in [2.45, 2.75) is 58.2 Å². The van der Waals surface area contributed by atoms with Gasteiger partial charge in [-0.15, -0.1) is 0 Å². The summed E-state index contributed by atoms with van der Waals surface area (Å²) < 4.78 is 5.29. The van der Waals surface area contributed by atoms with Crippen LogP contribution in [0.3, 0.4) is 0 Å². The van der Waals surface area contributed by atoms with E-state index in [0.717, 1.165) is 48.2 Å². The number of nitrogens with one attached hydrogen (secondary N) is 2. The highest BCUT2D eigenvalue weighted by Crippen LogP contribution is 2.25. The highest BCUT2D eigenvalue weighted by atomic mass is 16.5. The summed E-state index contributed by atoms with van der Waals surface area (Å²) in [6.07, 6.45) is 5.96. The van der Waals surface area contributed by atoms with Crippen molar-refractivity contribution in [3.05, 3.63) is 47.6 Å². The summed E-state index contributed by atoms with van der Waals surface area (Å²) in [4.78, 5) is 22.7. The fraction of sp³-hybridized carbons (Fsp3) is 0.476. The summed E-state index contributed by atoms with van der Waals surface area (Å²) in [5, 5.41) is 7.51. The Kier molecular flexibility index (Phi) is 5.43. The number of H-pyrrole nitrogens is 1. The number of pyridine rings is 1. The van der Waals surface area contributed by atoms with Crippen molar-refractivity contribution in [1.82, 2.24) is 25.3 Å². The second-order valence-electron chi connectivity index (χ2n) is 7.54. The van der Waals surface area contributed by atoms with E-state index in [2.05, 4.69) is 20.4 Å². The molecule has 0 saturated heterocycles. The van der Waals surface area contributed by atoms with Crippen LogP contribution in [0.1, 0.15) is 54.5 Å². The molecule has 0 aromatic carbocycles. The molecule has 0 bridgehead atoms. The average molecular weight is 381 g/mol. The fourth-order valence-corrected chi connectivity index (χ4v) is 4.17. The van der Waals surface area contributed by atoms with Gasteiger partial charge in [-0.1, -0.05) is 5.16 Å². The first-order chi connectivity index (χ1) is 13.6. The van der Waals surface area contributed by atoms with Gasteiger partial charge < -0.3 is 19.7 Å². The fourth-order valence-electron chi connectivity index (χ4n) is 4.17. The van der Waals surface area contributed by atoms with Crippen LogP contribution in [-0.2, 0) is 6.54 Å². The lowest BCUT2D eigenvalue weighted by Crippen LogP contribution is -2.46. The van der Waals surface area contributed by atoms with Gasteiger partial charge in [0.05, 0.1) is 23.3 Å². The van der Waals surface area contributed by atoms with Crippen molar-refractivity contribution in [2.24, 2.45) is 0 Å². The molecule has 7 heteroatoms. The molecule has 1 aliphatic carbocycles. The van der Waals surface area contributed by atoms with E-state index in [9.17, 15) is 4.79 Å². The number of carbonyl (C=O) groups excluding carboxylic acids is 1. The Balaban J connectivity index is 1.42. The zero-order valence-corrected chi connectivity index (χ0v) is 16.4. The molecule has 4 rings (SSSR count). The number of aryl methyl sites for hydroxylation is 1. The Labute approximate surface area is 164 Å². The number of hydrogen-bond acceptors (Lipinski definition) is 5. The molecule has 7 nitrogen and oxygen atoms in total. The topological polar surface area (TPSA) is 87.0 Å². The number of aromatic nitrogens is 3. The Morgan fingerprint density at radius 3 is 3.04 bits per heavy atom. The van der Waals surface area contributed by atoms with Crippen LogP contribution in [0.15, 0.2) is 35.0 Å². The second kappa shape index (κ2) is 8.14. The van der Waals surface area contributed by atoms with Gasteiger partial charge >= 0.3 is 0 Å². The minimum Gasteiger partial charge on any atom is -0.360 e. The second-order valence-corrected chi connectivity index (χ2v) is 7.54. The first-order valence-corrected chi connectivity index (χ1v) is 10.0. The third kappa shape index (κ3) is 3.94. The number of aromatic amines is 1. The van der Waals surface area contributed by atoms with E-state index in [-0.39, 0.29) is 11.9 Å². The molecule has 2 unspecified atom stereocenters. The summed E-state index contributed by atoms with van der Waals surface area (Å²) in [5.74, 6) is 0.908. The zero-order chi connectivity index (χ0) is 19.5. The molecule has 3 aromatic heterocycles. The number of fused-ring (bicyclic) bond motifs is 1. The molecule has 3 aromatic rings. The van der Waals surface area contributed by atoms with Crippen LogP contribution >= 0.6 is 0 Å². The third-order valence-corrected chi connectivity index (χ3v) is 5.55. The molecule has 28 heavy (non-hydrogen) atoms. The molecule has 2 atom stereocenters. The first kappa shape index (κ1) is 18.7. The molecule has 1 amide bonds. The van der Waals surface area contributed by atoms with Crippen molar-refractivity contribution in [3.8, 4) is 0 Å². The van der Waals surface area contributed by atoms with Crippen molar-refractivity contribution < 1.29 is 9.32 Å². The lowest BCUT2D eigenvalue weighted by atomic mass is 9.89. The van der Waals surface area contributed by atoms with E-state index in [4.69, 9.17) is 4.52 Å². The van der Waals surface area contributed by atoms with Gasteiger partial charge in [-0.3, -0.25) is 9.78 Å². The van der Waals surface area contributed by atoms with Crippen LogP contribution < -0.4 is 5.32 Å². The van der Waals surface area contributed by atoms with Crippen molar-refractivity contribution in [3.63, 3.8) is 0 Å². The SMILES string of the molecule is CCN(C(=O)c1cc2ncccc2[nH]1)C1CCCC(NCc2cc(C)no2)C1. The highest BCUT2D eigenvalue weighted by molar-refractivity contribution is 5.97. The Hall–Kier alpha value is -2.67. The number of nitrogens with zero attached hydrogens (tertiary/aromatic N) is 3. The van der Waals surface area contributed by atoms with Gasteiger partial charge in [0.1, 0.15) is 5.69 Å². The minimum absolute atomic E-state index is 0.0528. The molecule has 3 heterocycles. The largest absolute Gasteiger partial charge is 0.360 e. The van der Waals surface area contributed by atoms with Crippen LogP contribution in [0.25, 0.3) is 11.0 Å². The lowest BCUT2D eigenvalue weighted by Gasteiger charge is -2.37. The van der Waals surface area contributed by atoms with E-state index < -0.39 is 0 Å². The number of amides is 1. The van der Waals surface area contributed by atoms with Gasteiger partial charge in [-0.05, 0) is 57.7 Å². The molecule has 148 valence electrons. The maximum Gasteiger partial charge on any atom is 0.270 e. The zero-order valence-electron chi connectivity index (χ0n) is 16.4. The molecule has 0 spiro atoms. The van der Waals surface area contributed by atoms with Crippen molar-refractivity contribution >= 4 is 16.9 Å².